The summed E-state index contributed by atoms with van der Waals surface area (Å²) < 4.78 is 27.9. The van der Waals surface area contributed by atoms with Gasteiger partial charge in [0.05, 0.1) is 4.90 Å². The summed E-state index contributed by atoms with van der Waals surface area (Å²) in [5.74, 6) is -0.184. The monoisotopic (exact) mass is 441 g/mol. The largest absolute Gasteiger partial charge is 0.349 e. The number of sulfonamides is 1. The minimum atomic E-state index is -3.62. The second kappa shape index (κ2) is 9.94. The van der Waals surface area contributed by atoms with Crippen molar-refractivity contribution in [2.45, 2.75) is 49.6 Å². The maximum absolute atomic E-state index is 13.2. The quantitative estimate of drug-likeness (QED) is 0.747. The van der Waals surface area contributed by atoms with E-state index in [4.69, 9.17) is 0 Å². The van der Waals surface area contributed by atoms with Gasteiger partial charge in [0, 0.05) is 44.3 Å². The van der Waals surface area contributed by atoms with Crippen LogP contribution in [0.5, 0.6) is 0 Å². The summed E-state index contributed by atoms with van der Waals surface area (Å²) in [6, 6.07) is 16.9. The van der Waals surface area contributed by atoms with Gasteiger partial charge in [0.2, 0.25) is 10.0 Å². The predicted molar refractivity (Wildman–Crippen MR) is 121 cm³/mol. The van der Waals surface area contributed by atoms with Gasteiger partial charge in [-0.3, -0.25) is 9.69 Å². The van der Waals surface area contributed by atoms with Crippen molar-refractivity contribution in [1.29, 1.82) is 0 Å². The highest BCUT2D eigenvalue weighted by Gasteiger charge is 2.29. The molecular formula is C24H31N3O3S. The van der Waals surface area contributed by atoms with Crippen molar-refractivity contribution >= 4 is 15.9 Å². The van der Waals surface area contributed by atoms with E-state index in [1.165, 1.54) is 22.4 Å². The third kappa shape index (κ3) is 5.53. The van der Waals surface area contributed by atoms with Crippen LogP contribution >= 0.6 is 0 Å². The van der Waals surface area contributed by atoms with Crippen LogP contribution in [-0.4, -0.2) is 55.8 Å². The predicted octanol–water partition coefficient (Wildman–Crippen LogP) is 3.26. The summed E-state index contributed by atoms with van der Waals surface area (Å²) in [4.78, 5) is 15.1. The highest BCUT2D eigenvalue weighted by molar-refractivity contribution is 7.89. The van der Waals surface area contributed by atoms with Crippen molar-refractivity contribution in [2.24, 2.45) is 0 Å². The van der Waals surface area contributed by atoms with E-state index >= 15 is 0 Å². The summed E-state index contributed by atoms with van der Waals surface area (Å²) >= 11 is 0. The van der Waals surface area contributed by atoms with Gasteiger partial charge in [-0.25, -0.2) is 8.42 Å². The molecule has 0 bridgehead atoms. The Labute approximate surface area is 185 Å². The lowest BCUT2D eigenvalue weighted by molar-refractivity contribution is 0.0927. The van der Waals surface area contributed by atoms with E-state index in [-0.39, 0.29) is 16.8 Å². The highest BCUT2D eigenvalue weighted by atomic mass is 32.2. The van der Waals surface area contributed by atoms with Gasteiger partial charge in [-0.2, -0.15) is 4.31 Å². The molecule has 1 amide bonds. The van der Waals surface area contributed by atoms with E-state index in [1.807, 2.05) is 18.2 Å². The zero-order valence-electron chi connectivity index (χ0n) is 17.9. The molecule has 7 heteroatoms. The van der Waals surface area contributed by atoms with Crippen LogP contribution in [0.3, 0.4) is 0 Å². The van der Waals surface area contributed by atoms with Gasteiger partial charge in [-0.1, -0.05) is 55.7 Å². The van der Waals surface area contributed by atoms with Crippen LogP contribution in [0.4, 0.5) is 0 Å². The fourth-order valence-corrected chi connectivity index (χ4v) is 5.90. The Morgan fingerprint density at radius 1 is 0.903 bits per heavy atom. The van der Waals surface area contributed by atoms with E-state index in [0.29, 0.717) is 31.7 Å². The van der Waals surface area contributed by atoms with Crippen molar-refractivity contribution in [3.63, 3.8) is 0 Å². The Morgan fingerprint density at radius 2 is 1.61 bits per heavy atom. The normalized spacial score (nSPS) is 19.2. The molecule has 2 fully saturated rings. The molecule has 0 radical (unpaired) electrons. The Hall–Kier alpha value is -2.22. The van der Waals surface area contributed by atoms with Gasteiger partial charge >= 0.3 is 0 Å². The average Bonchev–Trinajstić information content (AvgIpc) is 2.81. The van der Waals surface area contributed by atoms with Crippen molar-refractivity contribution in [1.82, 2.24) is 14.5 Å². The molecule has 0 atom stereocenters. The number of hydrogen-bond donors (Lipinski definition) is 1. The average molecular weight is 442 g/mol. The lowest BCUT2D eigenvalue weighted by Gasteiger charge is -2.34. The molecule has 1 saturated heterocycles. The minimum Gasteiger partial charge on any atom is -0.349 e. The summed E-state index contributed by atoms with van der Waals surface area (Å²) in [5.41, 5.74) is 1.64. The van der Waals surface area contributed by atoms with Gasteiger partial charge in [0.1, 0.15) is 0 Å². The number of hydrogen-bond acceptors (Lipinski definition) is 4. The number of carbonyl (C=O) groups excluding carboxylic acids is 1. The first-order valence-electron chi connectivity index (χ1n) is 11.2. The Bertz CT molecular complexity index is 980. The number of amides is 1. The molecule has 4 rings (SSSR count). The molecule has 2 aliphatic rings. The number of carbonyl (C=O) groups is 1. The fraction of sp³-hybridized carbons (Fsp3) is 0.458. The van der Waals surface area contributed by atoms with Crippen LogP contribution in [0, 0.1) is 0 Å². The third-order valence-electron chi connectivity index (χ3n) is 6.25. The molecule has 1 N–H and O–H groups in total. The first kappa shape index (κ1) is 22.0. The Balaban J connectivity index is 1.38. The van der Waals surface area contributed by atoms with Gasteiger partial charge in [0.15, 0.2) is 0 Å². The molecule has 31 heavy (non-hydrogen) atoms. The molecule has 2 aromatic carbocycles. The molecule has 0 spiro atoms. The van der Waals surface area contributed by atoms with E-state index in [9.17, 15) is 13.2 Å². The van der Waals surface area contributed by atoms with E-state index in [0.717, 1.165) is 32.2 Å². The van der Waals surface area contributed by atoms with Crippen LogP contribution in [0.1, 0.15) is 48.0 Å². The zero-order chi connectivity index (χ0) is 21.7. The minimum absolute atomic E-state index is 0.184. The molecule has 1 heterocycles. The molecule has 1 aliphatic heterocycles. The summed E-state index contributed by atoms with van der Waals surface area (Å²) in [6.45, 7) is 3.11. The van der Waals surface area contributed by atoms with Crippen LogP contribution in [0.25, 0.3) is 0 Å². The van der Waals surface area contributed by atoms with E-state index < -0.39 is 10.0 Å². The summed E-state index contributed by atoms with van der Waals surface area (Å²) in [6.07, 6.45) is 5.48. The van der Waals surface area contributed by atoms with Crippen LogP contribution < -0.4 is 5.32 Å². The molecule has 0 aromatic heterocycles. The molecule has 1 saturated carbocycles. The number of piperazine rings is 1. The van der Waals surface area contributed by atoms with Gasteiger partial charge < -0.3 is 5.32 Å². The van der Waals surface area contributed by atoms with Gasteiger partial charge in [0.25, 0.3) is 5.91 Å². The van der Waals surface area contributed by atoms with Crippen LogP contribution in [0.2, 0.25) is 0 Å². The van der Waals surface area contributed by atoms with Crippen molar-refractivity contribution < 1.29 is 13.2 Å². The maximum atomic E-state index is 13.2. The van der Waals surface area contributed by atoms with Crippen LogP contribution in [-0.2, 0) is 16.6 Å². The number of nitrogens with zero attached hydrogens (tertiary/aromatic N) is 2. The number of benzene rings is 2. The third-order valence-corrected chi connectivity index (χ3v) is 8.15. The molecule has 1 aliphatic carbocycles. The first-order chi connectivity index (χ1) is 15.0. The van der Waals surface area contributed by atoms with Crippen LogP contribution in [0.15, 0.2) is 59.5 Å². The highest BCUT2D eigenvalue weighted by Crippen LogP contribution is 2.21. The van der Waals surface area contributed by atoms with E-state index in [1.54, 1.807) is 18.2 Å². The topological polar surface area (TPSA) is 69.7 Å². The van der Waals surface area contributed by atoms with Gasteiger partial charge in [-0.15, -0.1) is 0 Å². The Kier molecular flexibility index (Phi) is 7.05. The molecular weight excluding hydrogens is 410 g/mol. The van der Waals surface area contributed by atoms with Gasteiger partial charge in [-0.05, 0) is 36.6 Å². The second-order valence-electron chi connectivity index (χ2n) is 8.50. The standard InChI is InChI=1S/C24H31N3O3S/c28-24(25-22-11-5-2-6-12-22)21-10-7-13-23(18-21)31(29,30)27-16-14-26(15-17-27)19-20-8-3-1-4-9-20/h1,3-4,7-10,13,18,22H,2,5-6,11-12,14-17,19H2,(H,25,28). The van der Waals surface area contributed by atoms with E-state index in [2.05, 4.69) is 22.3 Å². The summed E-state index contributed by atoms with van der Waals surface area (Å²) in [5, 5.41) is 3.07. The first-order valence-corrected chi connectivity index (χ1v) is 12.6. The lowest BCUT2D eigenvalue weighted by Crippen LogP contribution is -2.48. The summed E-state index contributed by atoms with van der Waals surface area (Å²) in [7, 11) is -3.62. The molecule has 2 aromatic rings. The fourth-order valence-electron chi connectivity index (χ4n) is 4.43. The van der Waals surface area contributed by atoms with Crippen molar-refractivity contribution in [3.8, 4) is 0 Å². The SMILES string of the molecule is O=C(NC1CCCCC1)c1cccc(S(=O)(=O)N2CCN(Cc3ccccc3)CC2)c1. The molecule has 166 valence electrons. The number of rotatable bonds is 6. The smallest absolute Gasteiger partial charge is 0.251 e. The zero-order valence-corrected chi connectivity index (χ0v) is 18.7. The molecule has 6 nitrogen and oxygen atoms in total. The lowest BCUT2D eigenvalue weighted by atomic mass is 9.95. The maximum Gasteiger partial charge on any atom is 0.251 e. The molecule has 0 unspecified atom stereocenters. The Morgan fingerprint density at radius 3 is 2.32 bits per heavy atom. The van der Waals surface area contributed by atoms with Crippen molar-refractivity contribution in [2.75, 3.05) is 26.2 Å². The van der Waals surface area contributed by atoms with Crippen molar-refractivity contribution in [3.05, 3.63) is 65.7 Å². The second-order valence-corrected chi connectivity index (χ2v) is 10.4. The number of nitrogens with one attached hydrogen (secondary N) is 1.